The molecule has 8 heteroatoms. The van der Waals surface area contributed by atoms with Gasteiger partial charge in [0, 0.05) is 37.8 Å². The first-order valence-corrected chi connectivity index (χ1v) is 14.0. The van der Waals surface area contributed by atoms with E-state index >= 15 is 0 Å². The molecule has 5 rings (SSSR count). The Morgan fingerprint density at radius 3 is 2.66 bits per heavy atom. The second-order valence-electron chi connectivity index (χ2n) is 10.3. The van der Waals surface area contributed by atoms with Crippen LogP contribution in [-0.2, 0) is 14.2 Å². The lowest BCUT2D eigenvalue weighted by molar-refractivity contribution is 0.0345. The van der Waals surface area contributed by atoms with Gasteiger partial charge in [0.25, 0.3) is 0 Å². The van der Waals surface area contributed by atoms with Crippen LogP contribution in [0.25, 0.3) is 5.70 Å². The Bertz CT molecular complexity index is 1110. The Kier molecular flexibility index (Phi) is 8.67. The number of allylic oxidation sites excluding steroid dienone is 1. The molecule has 1 saturated heterocycles. The fourth-order valence-electron chi connectivity index (χ4n) is 5.89. The third-order valence-electron chi connectivity index (χ3n) is 7.84. The molecular weight excluding hydrogens is 480 g/mol. The predicted molar refractivity (Wildman–Crippen MR) is 146 cm³/mol. The standard InChI is InChI=1S/C30H38N4O4/c1-2-34-28-13-12-25(37-17-5-14-33-15-18-36-19-16-33)20-26(28)27(21-31)29(34)22-8-10-23(11-9-22)32-30(35)38-24-6-3-4-7-24/h8-13,20,24,26,28H,2-7,14-19H2,1H3,(H,32,35). The van der Waals surface area contributed by atoms with Crippen LogP contribution < -0.4 is 5.32 Å². The Labute approximate surface area is 225 Å². The average molecular weight is 519 g/mol. The normalized spacial score (nSPS) is 23.7. The van der Waals surface area contributed by atoms with E-state index < -0.39 is 6.09 Å². The van der Waals surface area contributed by atoms with E-state index in [1.165, 1.54) is 0 Å². The molecule has 1 aromatic rings. The van der Waals surface area contributed by atoms with Crippen molar-refractivity contribution in [3.63, 3.8) is 0 Å². The molecule has 4 aliphatic rings. The Hall–Kier alpha value is -3.28. The number of anilines is 1. The minimum atomic E-state index is -0.406. The summed E-state index contributed by atoms with van der Waals surface area (Å²) >= 11 is 0. The van der Waals surface area contributed by atoms with Gasteiger partial charge in [-0.2, -0.15) is 5.26 Å². The zero-order chi connectivity index (χ0) is 26.3. The van der Waals surface area contributed by atoms with E-state index in [1.54, 1.807) is 0 Å². The minimum absolute atomic E-state index is 0.0253. The summed E-state index contributed by atoms with van der Waals surface area (Å²) in [5.74, 6) is 0.784. The minimum Gasteiger partial charge on any atom is -0.494 e. The topological polar surface area (TPSA) is 87.1 Å². The highest BCUT2D eigenvalue weighted by Gasteiger charge is 2.40. The second-order valence-corrected chi connectivity index (χ2v) is 10.3. The van der Waals surface area contributed by atoms with Gasteiger partial charge in [-0.15, -0.1) is 0 Å². The van der Waals surface area contributed by atoms with E-state index in [0.717, 1.165) is 94.1 Å². The van der Waals surface area contributed by atoms with Crippen LogP contribution in [0.3, 0.4) is 0 Å². The number of likely N-dealkylation sites (N-methyl/N-ethyl adjacent to an activating group) is 1. The molecule has 2 aliphatic heterocycles. The molecular formula is C30H38N4O4. The summed E-state index contributed by atoms with van der Waals surface area (Å²) in [6.07, 6.45) is 11.0. The highest BCUT2D eigenvalue weighted by molar-refractivity contribution is 5.85. The van der Waals surface area contributed by atoms with Gasteiger partial charge in [-0.1, -0.05) is 18.2 Å². The molecule has 2 fully saturated rings. The number of morpholine rings is 1. The first-order valence-electron chi connectivity index (χ1n) is 14.0. The predicted octanol–water partition coefficient (Wildman–Crippen LogP) is 4.93. The van der Waals surface area contributed by atoms with Crippen molar-refractivity contribution in [2.75, 3.05) is 51.3 Å². The van der Waals surface area contributed by atoms with Gasteiger partial charge in [-0.05, 0) is 68.9 Å². The lowest BCUT2D eigenvalue weighted by atomic mass is 9.90. The van der Waals surface area contributed by atoms with Gasteiger partial charge in [0.2, 0.25) is 0 Å². The third-order valence-corrected chi connectivity index (χ3v) is 7.84. The molecule has 2 aliphatic carbocycles. The number of ether oxygens (including phenoxy) is 3. The van der Waals surface area contributed by atoms with Crippen molar-refractivity contribution in [2.24, 2.45) is 5.92 Å². The molecule has 0 bridgehead atoms. The number of benzene rings is 1. The van der Waals surface area contributed by atoms with Crippen LogP contribution in [0, 0.1) is 17.2 Å². The molecule has 202 valence electrons. The summed E-state index contributed by atoms with van der Waals surface area (Å²) in [6.45, 7) is 8.14. The zero-order valence-electron chi connectivity index (χ0n) is 22.2. The zero-order valence-corrected chi connectivity index (χ0v) is 22.2. The number of nitrogens with zero attached hydrogens (tertiary/aromatic N) is 3. The summed E-state index contributed by atoms with van der Waals surface area (Å²) in [5, 5.41) is 13.0. The van der Waals surface area contributed by atoms with Crippen molar-refractivity contribution in [2.45, 2.75) is 51.2 Å². The molecule has 1 amide bonds. The second kappa shape index (κ2) is 12.5. The maximum absolute atomic E-state index is 12.3. The molecule has 0 radical (unpaired) electrons. The summed E-state index contributed by atoms with van der Waals surface area (Å²) in [7, 11) is 0. The van der Waals surface area contributed by atoms with Crippen LogP contribution in [0.15, 0.2) is 53.8 Å². The van der Waals surface area contributed by atoms with E-state index in [1.807, 2.05) is 30.3 Å². The van der Waals surface area contributed by atoms with Crippen LogP contribution in [0.4, 0.5) is 10.5 Å². The maximum atomic E-state index is 12.3. The number of carbonyl (C=O) groups is 1. The van der Waals surface area contributed by atoms with E-state index in [0.29, 0.717) is 12.3 Å². The Morgan fingerprint density at radius 2 is 1.95 bits per heavy atom. The van der Waals surface area contributed by atoms with E-state index in [4.69, 9.17) is 14.2 Å². The van der Waals surface area contributed by atoms with Crippen molar-refractivity contribution in [1.82, 2.24) is 9.80 Å². The van der Waals surface area contributed by atoms with Gasteiger partial charge >= 0.3 is 6.09 Å². The number of nitriles is 1. The van der Waals surface area contributed by atoms with E-state index in [-0.39, 0.29) is 18.1 Å². The number of amides is 1. The molecule has 2 atom stereocenters. The largest absolute Gasteiger partial charge is 0.494 e. The summed E-state index contributed by atoms with van der Waals surface area (Å²) < 4.78 is 17.0. The van der Waals surface area contributed by atoms with Crippen molar-refractivity contribution in [3.8, 4) is 6.07 Å². The monoisotopic (exact) mass is 518 g/mol. The number of rotatable bonds is 9. The van der Waals surface area contributed by atoms with Crippen molar-refractivity contribution in [3.05, 3.63) is 59.4 Å². The fraction of sp³-hybridized carbons (Fsp3) is 0.533. The van der Waals surface area contributed by atoms with Gasteiger partial charge in [-0.25, -0.2) is 4.79 Å². The Balaban J connectivity index is 1.23. The van der Waals surface area contributed by atoms with Crippen molar-refractivity contribution < 1.29 is 19.0 Å². The van der Waals surface area contributed by atoms with Crippen molar-refractivity contribution >= 4 is 17.5 Å². The van der Waals surface area contributed by atoms with Crippen LogP contribution >= 0.6 is 0 Å². The molecule has 2 unspecified atom stereocenters. The lowest BCUT2D eigenvalue weighted by Crippen LogP contribution is -2.37. The molecule has 8 nitrogen and oxygen atoms in total. The maximum Gasteiger partial charge on any atom is 0.411 e. The molecule has 0 spiro atoms. The highest BCUT2D eigenvalue weighted by Crippen LogP contribution is 2.43. The Morgan fingerprint density at radius 1 is 1.18 bits per heavy atom. The van der Waals surface area contributed by atoms with Crippen LogP contribution in [0.5, 0.6) is 0 Å². The summed E-state index contributed by atoms with van der Waals surface area (Å²) in [5.41, 5.74) is 3.33. The highest BCUT2D eigenvalue weighted by atomic mass is 16.6. The molecule has 1 N–H and O–H groups in total. The first-order chi connectivity index (χ1) is 18.7. The molecule has 2 heterocycles. The van der Waals surface area contributed by atoms with Crippen LogP contribution in [0.2, 0.25) is 0 Å². The SMILES string of the molecule is CCN1C(c2ccc(NC(=O)OC3CCCC3)cc2)=C(C#N)C2C=C(OCCCN3CCOCC3)C=CC21. The number of carbonyl (C=O) groups excluding carboxylic acids is 1. The quantitative estimate of drug-likeness (QED) is 0.464. The van der Waals surface area contributed by atoms with Crippen LogP contribution in [0.1, 0.15) is 44.6 Å². The van der Waals surface area contributed by atoms with Crippen molar-refractivity contribution in [1.29, 1.82) is 5.26 Å². The summed E-state index contributed by atoms with van der Waals surface area (Å²) in [4.78, 5) is 16.9. The van der Waals surface area contributed by atoms with E-state index in [9.17, 15) is 10.1 Å². The molecule has 38 heavy (non-hydrogen) atoms. The van der Waals surface area contributed by atoms with E-state index in [2.05, 4.69) is 40.3 Å². The number of fused-ring (bicyclic) bond motifs is 1. The van der Waals surface area contributed by atoms with Gasteiger partial charge in [0.05, 0.1) is 43.2 Å². The van der Waals surface area contributed by atoms with Gasteiger partial charge in [-0.3, -0.25) is 10.2 Å². The number of nitrogens with one attached hydrogen (secondary N) is 1. The third kappa shape index (κ3) is 6.06. The molecule has 0 aromatic heterocycles. The van der Waals surface area contributed by atoms with Gasteiger partial charge in [0.1, 0.15) is 11.9 Å². The van der Waals surface area contributed by atoms with Gasteiger partial charge in [0.15, 0.2) is 0 Å². The lowest BCUT2D eigenvalue weighted by Gasteiger charge is -2.30. The molecule has 1 aromatic carbocycles. The summed E-state index contributed by atoms with van der Waals surface area (Å²) in [6, 6.07) is 10.3. The van der Waals surface area contributed by atoms with Crippen LogP contribution in [-0.4, -0.2) is 74.0 Å². The number of hydrogen-bond donors (Lipinski definition) is 1. The average Bonchev–Trinajstić information content (AvgIpc) is 3.57. The smallest absolute Gasteiger partial charge is 0.411 e. The molecule has 1 saturated carbocycles. The van der Waals surface area contributed by atoms with Gasteiger partial charge < -0.3 is 19.1 Å². The first kappa shape index (κ1) is 26.3. The number of hydrogen-bond acceptors (Lipinski definition) is 7. The fourth-order valence-corrected chi connectivity index (χ4v) is 5.89.